The molecule has 1 aliphatic heterocycles. The average Bonchev–Trinajstić information content (AvgIpc) is 2.64. The molecule has 0 bridgehead atoms. The lowest BCUT2D eigenvalue weighted by Crippen LogP contribution is -2.50. The molecular formula is C19H16FN3O2. The van der Waals surface area contributed by atoms with Gasteiger partial charge < -0.3 is 10.6 Å². The number of benzene rings is 2. The molecule has 126 valence electrons. The van der Waals surface area contributed by atoms with Crippen molar-refractivity contribution in [3.05, 3.63) is 71.0 Å². The van der Waals surface area contributed by atoms with Gasteiger partial charge in [-0.05, 0) is 30.2 Å². The molecule has 25 heavy (non-hydrogen) atoms. The Kier molecular flexibility index (Phi) is 4.75. The van der Waals surface area contributed by atoms with Crippen molar-refractivity contribution in [1.29, 1.82) is 5.26 Å². The summed E-state index contributed by atoms with van der Waals surface area (Å²) in [6.07, 6.45) is 0.742. The van der Waals surface area contributed by atoms with Gasteiger partial charge in [-0.15, -0.1) is 0 Å². The normalized spacial score (nSPS) is 19.6. The molecule has 0 saturated carbocycles. The van der Waals surface area contributed by atoms with Gasteiger partial charge >= 0.3 is 0 Å². The van der Waals surface area contributed by atoms with Gasteiger partial charge in [0.2, 0.25) is 5.91 Å². The largest absolute Gasteiger partial charge is 0.347 e. The number of halogens is 1. The highest BCUT2D eigenvalue weighted by Gasteiger charge is 2.31. The number of carbonyl (C=O) groups is 2. The van der Waals surface area contributed by atoms with Crippen LogP contribution in [-0.4, -0.2) is 17.9 Å². The molecule has 5 nitrogen and oxygen atoms in total. The van der Waals surface area contributed by atoms with Crippen molar-refractivity contribution in [3.63, 3.8) is 0 Å². The molecule has 2 aromatic carbocycles. The summed E-state index contributed by atoms with van der Waals surface area (Å²) in [6.45, 7) is 0. The quantitative estimate of drug-likeness (QED) is 0.902. The molecule has 0 radical (unpaired) electrons. The first-order valence-corrected chi connectivity index (χ1v) is 7.93. The fraction of sp³-hybridized carbons (Fsp3) is 0.211. The summed E-state index contributed by atoms with van der Waals surface area (Å²) in [5, 5.41) is 14.6. The van der Waals surface area contributed by atoms with Crippen LogP contribution < -0.4 is 10.6 Å². The minimum atomic E-state index is -0.687. The number of nitrogens with one attached hydrogen (secondary N) is 2. The smallest absolute Gasteiger partial charge is 0.254 e. The van der Waals surface area contributed by atoms with Crippen LogP contribution in [0.5, 0.6) is 0 Å². The van der Waals surface area contributed by atoms with E-state index < -0.39 is 11.7 Å². The zero-order chi connectivity index (χ0) is 17.8. The molecule has 6 heteroatoms. The summed E-state index contributed by atoms with van der Waals surface area (Å²) in [6, 6.07) is 14.1. The Morgan fingerprint density at radius 1 is 1.24 bits per heavy atom. The zero-order valence-electron chi connectivity index (χ0n) is 13.3. The maximum absolute atomic E-state index is 14.0. The zero-order valence-corrected chi connectivity index (χ0v) is 13.3. The standard InChI is InChI=1S/C19H16FN3O2/c20-15-7-6-12(11-21)10-14(15)19(25)22-16-8-9-17(24)23-18(16)13-4-2-1-3-5-13/h1-7,10,16,18H,8-9H2,(H,22,25)(H,23,24)/t16-,18+/m1/s1. The Balaban J connectivity index is 1.84. The minimum absolute atomic E-state index is 0.0861. The number of rotatable bonds is 3. The van der Waals surface area contributed by atoms with Crippen molar-refractivity contribution in [2.45, 2.75) is 24.9 Å². The van der Waals surface area contributed by atoms with Crippen LogP contribution >= 0.6 is 0 Å². The van der Waals surface area contributed by atoms with Gasteiger partial charge in [-0.3, -0.25) is 9.59 Å². The van der Waals surface area contributed by atoms with Crippen LogP contribution in [-0.2, 0) is 4.79 Å². The summed E-state index contributed by atoms with van der Waals surface area (Å²) in [5.41, 5.74) is 0.901. The lowest BCUT2D eigenvalue weighted by molar-refractivity contribution is -0.123. The highest BCUT2D eigenvalue weighted by atomic mass is 19.1. The fourth-order valence-electron chi connectivity index (χ4n) is 2.95. The molecule has 0 spiro atoms. The van der Waals surface area contributed by atoms with Crippen molar-refractivity contribution in [1.82, 2.24) is 10.6 Å². The lowest BCUT2D eigenvalue weighted by Gasteiger charge is -2.33. The summed E-state index contributed by atoms with van der Waals surface area (Å²) in [7, 11) is 0. The molecule has 3 rings (SSSR count). The number of hydrogen-bond donors (Lipinski definition) is 2. The second-order valence-electron chi connectivity index (χ2n) is 5.88. The van der Waals surface area contributed by atoms with E-state index in [-0.39, 0.29) is 35.5 Å². The Morgan fingerprint density at radius 2 is 2.00 bits per heavy atom. The van der Waals surface area contributed by atoms with E-state index in [1.54, 1.807) is 0 Å². The number of nitriles is 1. The van der Waals surface area contributed by atoms with Gasteiger partial charge in [-0.1, -0.05) is 30.3 Å². The minimum Gasteiger partial charge on any atom is -0.347 e. The van der Waals surface area contributed by atoms with E-state index in [9.17, 15) is 14.0 Å². The van der Waals surface area contributed by atoms with Crippen LogP contribution in [0.15, 0.2) is 48.5 Å². The van der Waals surface area contributed by atoms with Crippen molar-refractivity contribution < 1.29 is 14.0 Å². The molecule has 0 aliphatic carbocycles. The highest BCUT2D eigenvalue weighted by Crippen LogP contribution is 2.24. The maximum atomic E-state index is 14.0. The number of hydrogen-bond acceptors (Lipinski definition) is 3. The molecule has 1 aliphatic rings. The van der Waals surface area contributed by atoms with Crippen LogP contribution in [0, 0.1) is 17.1 Å². The fourth-order valence-corrected chi connectivity index (χ4v) is 2.95. The van der Waals surface area contributed by atoms with Gasteiger partial charge in [0.15, 0.2) is 0 Å². The third-order valence-electron chi connectivity index (χ3n) is 4.22. The molecule has 1 saturated heterocycles. The molecule has 2 N–H and O–H groups in total. The average molecular weight is 337 g/mol. The predicted molar refractivity (Wildman–Crippen MR) is 88.9 cm³/mol. The van der Waals surface area contributed by atoms with Crippen LogP contribution in [0.2, 0.25) is 0 Å². The monoisotopic (exact) mass is 337 g/mol. The van der Waals surface area contributed by atoms with E-state index >= 15 is 0 Å². The Bertz CT molecular complexity index is 845. The molecular weight excluding hydrogens is 321 g/mol. The van der Waals surface area contributed by atoms with Gasteiger partial charge in [0.25, 0.3) is 5.91 Å². The van der Waals surface area contributed by atoms with Crippen LogP contribution in [0.3, 0.4) is 0 Å². The summed E-state index contributed by atoms with van der Waals surface area (Å²) < 4.78 is 14.0. The van der Waals surface area contributed by atoms with Gasteiger partial charge in [-0.25, -0.2) is 4.39 Å². The number of nitrogens with zero attached hydrogens (tertiary/aromatic N) is 1. The van der Waals surface area contributed by atoms with Gasteiger partial charge in [0, 0.05) is 6.42 Å². The Labute approximate surface area is 144 Å². The van der Waals surface area contributed by atoms with Gasteiger partial charge in [-0.2, -0.15) is 5.26 Å². The van der Waals surface area contributed by atoms with Crippen molar-refractivity contribution in [2.75, 3.05) is 0 Å². The van der Waals surface area contributed by atoms with E-state index in [4.69, 9.17) is 5.26 Å². The third kappa shape index (κ3) is 3.66. The number of carbonyl (C=O) groups excluding carboxylic acids is 2. The lowest BCUT2D eigenvalue weighted by atomic mass is 9.91. The van der Waals surface area contributed by atoms with E-state index in [1.165, 1.54) is 12.1 Å². The summed E-state index contributed by atoms with van der Waals surface area (Å²) in [5.74, 6) is -1.37. The summed E-state index contributed by atoms with van der Waals surface area (Å²) >= 11 is 0. The first-order valence-electron chi connectivity index (χ1n) is 7.93. The van der Waals surface area contributed by atoms with Crippen LogP contribution in [0.25, 0.3) is 0 Å². The molecule has 0 unspecified atom stereocenters. The number of amides is 2. The van der Waals surface area contributed by atoms with Crippen LogP contribution in [0.1, 0.15) is 40.4 Å². The molecule has 2 amide bonds. The van der Waals surface area contributed by atoms with E-state index in [2.05, 4.69) is 10.6 Å². The Morgan fingerprint density at radius 3 is 2.72 bits per heavy atom. The van der Waals surface area contributed by atoms with E-state index in [0.717, 1.165) is 11.6 Å². The second kappa shape index (κ2) is 7.14. The van der Waals surface area contributed by atoms with Gasteiger partial charge in [0.1, 0.15) is 5.82 Å². The Hall–Kier alpha value is -3.20. The van der Waals surface area contributed by atoms with E-state index in [0.29, 0.717) is 6.42 Å². The molecule has 0 aromatic heterocycles. The third-order valence-corrected chi connectivity index (χ3v) is 4.22. The van der Waals surface area contributed by atoms with Crippen molar-refractivity contribution >= 4 is 11.8 Å². The SMILES string of the molecule is N#Cc1ccc(F)c(C(=O)N[C@@H]2CCC(=O)N[C@H]2c2ccccc2)c1. The van der Waals surface area contributed by atoms with Gasteiger partial charge in [0.05, 0.1) is 29.3 Å². The topological polar surface area (TPSA) is 82.0 Å². The predicted octanol–water partition coefficient (Wildman–Crippen LogP) is 2.45. The molecule has 2 aromatic rings. The highest BCUT2D eigenvalue weighted by molar-refractivity contribution is 5.95. The first-order chi connectivity index (χ1) is 12.1. The van der Waals surface area contributed by atoms with E-state index in [1.807, 2.05) is 36.4 Å². The maximum Gasteiger partial charge on any atom is 0.254 e. The molecule has 1 heterocycles. The summed E-state index contributed by atoms with van der Waals surface area (Å²) in [4.78, 5) is 24.3. The van der Waals surface area contributed by atoms with Crippen molar-refractivity contribution in [2.24, 2.45) is 0 Å². The first kappa shape index (κ1) is 16.7. The second-order valence-corrected chi connectivity index (χ2v) is 5.88. The number of piperidine rings is 1. The molecule has 2 atom stereocenters. The van der Waals surface area contributed by atoms with Crippen LogP contribution in [0.4, 0.5) is 4.39 Å². The van der Waals surface area contributed by atoms with Crippen molar-refractivity contribution in [3.8, 4) is 6.07 Å². The molecule has 1 fully saturated rings.